The third-order valence-corrected chi connectivity index (χ3v) is 5.69. The predicted molar refractivity (Wildman–Crippen MR) is 108 cm³/mol. The van der Waals surface area contributed by atoms with Crippen molar-refractivity contribution in [2.45, 2.75) is 46.1 Å². The Morgan fingerprint density at radius 2 is 1.87 bits per heavy atom. The second kappa shape index (κ2) is 7.40. The van der Waals surface area contributed by atoms with E-state index in [0.29, 0.717) is 11.3 Å². The monoisotopic (exact) mass is 430 g/mol. The second-order valence-corrected chi connectivity index (χ2v) is 7.81. The third kappa shape index (κ3) is 3.64. The van der Waals surface area contributed by atoms with Gasteiger partial charge in [0.05, 0.1) is 17.6 Å². The van der Waals surface area contributed by atoms with Crippen LogP contribution in [0, 0.1) is 13.8 Å². The van der Waals surface area contributed by atoms with Crippen LogP contribution in [0.5, 0.6) is 0 Å². The lowest BCUT2D eigenvalue weighted by Gasteiger charge is -2.36. The molecule has 1 amide bonds. The Hall–Kier alpha value is -3.36. The number of nitrogens with zero attached hydrogens (tertiary/aromatic N) is 4. The SMILES string of the molecule is Cc1cn(-c2ccc3n(c2=O)C[C@@H](C)N(Cc2cccc(C(F)(F)F)c2C)C3=O)cn1. The van der Waals surface area contributed by atoms with E-state index in [1.807, 2.05) is 6.92 Å². The summed E-state index contributed by atoms with van der Waals surface area (Å²) in [5, 5.41) is 0. The van der Waals surface area contributed by atoms with Crippen LogP contribution < -0.4 is 5.56 Å². The van der Waals surface area contributed by atoms with E-state index < -0.39 is 11.7 Å². The van der Waals surface area contributed by atoms with Crippen LogP contribution in [0.4, 0.5) is 13.2 Å². The summed E-state index contributed by atoms with van der Waals surface area (Å²) < 4.78 is 42.8. The fourth-order valence-electron chi connectivity index (χ4n) is 3.97. The molecule has 31 heavy (non-hydrogen) atoms. The highest BCUT2D eigenvalue weighted by Crippen LogP contribution is 2.33. The number of halogens is 3. The van der Waals surface area contributed by atoms with Gasteiger partial charge in [0, 0.05) is 25.3 Å². The van der Waals surface area contributed by atoms with Crippen molar-refractivity contribution in [3.05, 3.63) is 81.3 Å². The highest BCUT2D eigenvalue weighted by atomic mass is 19.4. The first-order valence-corrected chi connectivity index (χ1v) is 9.79. The average molecular weight is 430 g/mol. The number of hydrogen-bond donors (Lipinski definition) is 0. The first kappa shape index (κ1) is 20.9. The maximum atomic E-state index is 13.3. The minimum Gasteiger partial charge on any atom is -0.329 e. The first-order valence-electron chi connectivity index (χ1n) is 9.79. The van der Waals surface area contributed by atoms with Gasteiger partial charge in [-0.15, -0.1) is 0 Å². The Balaban J connectivity index is 1.69. The van der Waals surface area contributed by atoms with Crippen molar-refractivity contribution in [3.8, 4) is 5.69 Å². The molecule has 0 spiro atoms. The lowest BCUT2D eigenvalue weighted by atomic mass is 10.00. The van der Waals surface area contributed by atoms with Crippen molar-refractivity contribution in [1.82, 2.24) is 19.0 Å². The quantitative estimate of drug-likeness (QED) is 0.637. The zero-order valence-electron chi connectivity index (χ0n) is 17.3. The summed E-state index contributed by atoms with van der Waals surface area (Å²) in [7, 11) is 0. The maximum Gasteiger partial charge on any atom is 0.416 e. The summed E-state index contributed by atoms with van der Waals surface area (Å²) in [6, 6.07) is 6.75. The Morgan fingerprint density at radius 3 is 2.52 bits per heavy atom. The molecule has 0 radical (unpaired) electrons. The lowest BCUT2D eigenvalue weighted by Crippen LogP contribution is -2.49. The van der Waals surface area contributed by atoms with Gasteiger partial charge in [-0.05, 0) is 50.1 Å². The number of fused-ring (bicyclic) bond motifs is 1. The molecule has 9 heteroatoms. The Labute approximate surface area is 176 Å². The van der Waals surface area contributed by atoms with Crippen molar-refractivity contribution in [2.24, 2.45) is 0 Å². The number of hydrogen-bond acceptors (Lipinski definition) is 3. The number of benzene rings is 1. The molecule has 6 nitrogen and oxygen atoms in total. The maximum absolute atomic E-state index is 13.3. The highest BCUT2D eigenvalue weighted by Gasteiger charge is 2.35. The van der Waals surface area contributed by atoms with Gasteiger partial charge in [-0.2, -0.15) is 13.2 Å². The van der Waals surface area contributed by atoms with Crippen molar-refractivity contribution in [3.63, 3.8) is 0 Å². The summed E-state index contributed by atoms with van der Waals surface area (Å²) in [5.74, 6) is -0.388. The van der Waals surface area contributed by atoms with Crippen LogP contribution in [0.3, 0.4) is 0 Å². The average Bonchev–Trinajstić information content (AvgIpc) is 3.12. The Morgan fingerprint density at radius 1 is 1.13 bits per heavy atom. The van der Waals surface area contributed by atoms with Gasteiger partial charge in [-0.3, -0.25) is 9.59 Å². The topological polar surface area (TPSA) is 60.1 Å². The van der Waals surface area contributed by atoms with Gasteiger partial charge in [-0.1, -0.05) is 12.1 Å². The van der Waals surface area contributed by atoms with Crippen LogP contribution >= 0.6 is 0 Å². The summed E-state index contributed by atoms with van der Waals surface area (Å²) in [6.07, 6.45) is -1.20. The molecule has 0 bridgehead atoms. The standard InChI is InChI=1S/C22H21F3N4O2/c1-13-9-27(12-26-13)18-7-8-19-21(31)28(14(2)10-29(19)20(18)30)11-16-5-4-6-17(15(16)3)22(23,24)25/h4-9,12,14H,10-11H2,1-3H3/t14-/m1/s1. The van der Waals surface area contributed by atoms with Crippen molar-refractivity contribution in [1.29, 1.82) is 0 Å². The number of aryl methyl sites for hydroxylation is 1. The van der Waals surface area contributed by atoms with Gasteiger partial charge >= 0.3 is 6.18 Å². The van der Waals surface area contributed by atoms with Gasteiger partial charge in [0.2, 0.25) is 0 Å². The minimum atomic E-state index is -4.46. The number of pyridine rings is 1. The molecule has 1 aliphatic rings. The number of alkyl halides is 3. The number of imidazole rings is 1. The number of amides is 1. The van der Waals surface area contributed by atoms with Gasteiger partial charge in [0.25, 0.3) is 11.5 Å². The van der Waals surface area contributed by atoms with Crippen molar-refractivity contribution in [2.75, 3.05) is 0 Å². The third-order valence-electron chi connectivity index (χ3n) is 5.69. The van der Waals surface area contributed by atoms with E-state index in [0.717, 1.165) is 11.8 Å². The summed E-state index contributed by atoms with van der Waals surface area (Å²) >= 11 is 0. The highest BCUT2D eigenvalue weighted by molar-refractivity contribution is 5.93. The molecule has 3 aromatic rings. The van der Waals surface area contributed by atoms with Crippen molar-refractivity contribution < 1.29 is 18.0 Å². The molecule has 1 aromatic carbocycles. The second-order valence-electron chi connectivity index (χ2n) is 7.81. The molecule has 0 unspecified atom stereocenters. The van der Waals surface area contributed by atoms with Gasteiger partial charge < -0.3 is 14.0 Å². The minimum absolute atomic E-state index is 0.0341. The molecule has 0 saturated carbocycles. The molecular formula is C22H21F3N4O2. The van der Waals surface area contributed by atoms with E-state index in [2.05, 4.69) is 4.98 Å². The van der Waals surface area contributed by atoms with Crippen LogP contribution in [0.2, 0.25) is 0 Å². The number of carbonyl (C=O) groups excluding carboxylic acids is 1. The van der Waals surface area contributed by atoms with E-state index in [1.165, 1.54) is 28.8 Å². The molecular weight excluding hydrogens is 409 g/mol. The Bertz CT molecular complexity index is 1230. The molecule has 1 atom stereocenters. The van der Waals surface area contributed by atoms with Gasteiger partial charge in [0.15, 0.2) is 0 Å². The predicted octanol–water partition coefficient (Wildman–Crippen LogP) is 3.71. The molecule has 1 aliphatic heterocycles. The number of aromatic nitrogens is 3. The fourth-order valence-corrected chi connectivity index (χ4v) is 3.97. The lowest BCUT2D eigenvalue weighted by molar-refractivity contribution is -0.138. The van der Waals surface area contributed by atoms with E-state index in [4.69, 9.17) is 0 Å². The smallest absolute Gasteiger partial charge is 0.329 e. The summed E-state index contributed by atoms with van der Waals surface area (Å²) in [4.78, 5) is 31.8. The van der Waals surface area contributed by atoms with E-state index in [9.17, 15) is 22.8 Å². The fraction of sp³-hybridized carbons (Fsp3) is 0.318. The molecule has 0 aliphatic carbocycles. The Kier molecular flexibility index (Phi) is 4.99. The van der Waals surface area contributed by atoms with E-state index in [1.54, 1.807) is 35.9 Å². The zero-order chi connectivity index (χ0) is 22.5. The molecule has 4 rings (SSSR count). The van der Waals surface area contributed by atoms with Gasteiger partial charge in [0.1, 0.15) is 11.4 Å². The molecule has 162 valence electrons. The van der Waals surface area contributed by atoms with Crippen LogP contribution in [-0.2, 0) is 19.3 Å². The summed E-state index contributed by atoms with van der Waals surface area (Å²) in [5.41, 5.74) is 0.859. The molecule has 2 aromatic heterocycles. The first-order chi connectivity index (χ1) is 14.6. The molecule has 0 N–H and O–H groups in total. The normalized spacial score (nSPS) is 16.5. The number of carbonyl (C=O) groups is 1. The number of rotatable bonds is 3. The van der Waals surface area contributed by atoms with Crippen molar-refractivity contribution >= 4 is 5.91 Å². The van der Waals surface area contributed by atoms with Crippen LogP contribution in [0.25, 0.3) is 5.69 Å². The summed E-state index contributed by atoms with van der Waals surface area (Å²) in [6.45, 7) is 5.29. The van der Waals surface area contributed by atoms with E-state index in [-0.39, 0.29) is 41.9 Å². The molecule has 0 fully saturated rings. The molecule has 0 saturated heterocycles. The largest absolute Gasteiger partial charge is 0.416 e. The molecule has 3 heterocycles. The van der Waals surface area contributed by atoms with E-state index >= 15 is 0 Å². The van der Waals surface area contributed by atoms with Crippen LogP contribution in [0.15, 0.2) is 47.7 Å². The zero-order valence-corrected chi connectivity index (χ0v) is 17.3. The van der Waals surface area contributed by atoms with Crippen LogP contribution in [-0.4, -0.2) is 31.0 Å². The van der Waals surface area contributed by atoms with Crippen LogP contribution in [0.1, 0.15) is 39.8 Å². The van der Waals surface area contributed by atoms with Gasteiger partial charge in [-0.25, -0.2) is 4.98 Å².